The maximum atomic E-state index is 6.04. The van der Waals surface area contributed by atoms with Crippen molar-refractivity contribution in [1.29, 1.82) is 0 Å². The second-order valence-corrected chi connectivity index (χ2v) is 5.60. The number of hydrogen-bond donors (Lipinski definition) is 1. The van der Waals surface area contributed by atoms with Crippen LogP contribution in [0, 0.1) is 5.41 Å². The molecule has 0 radical (unpaired) electrons. The molecule has 18 heavy (non-hydrogen) atoms. The Kier molecular flexibility index (Phi) is 5.48. The van der Waals surface area contributed by atoms with Gasteiger partial charge < -0.3 is 15.2 Å². The molecule has 0 spiro atoms. The monoisotopic (exact) mass is 251 g/mol. The maximum Gasteiger partial charge on any atom is 0.119 e. The van der Waals surface area contributed by atoms with E-state index in [1.165, 1.54) is 0 Å². The lowest BCUT2D eigenvalue weighted by Gasteiger charge is -2.26. The van der Waals surface area contributed by atoms with Crippen LogP contribution in [-0.2, 0) is 0 Å². The molecule has 3 nitrogen and oxygen atoms in total. The van der Waals surface area contributed by atoms with Gasteiger partial charge in [-0.1, -0.05) is 27.7 Å². The molecule has 1 aromatic rings. The number of benzene rings is 1. The van der Waals surface area contributed by atoms with Gasteiger partial charge in [0, 0.05) is 6.04 Å². The molecule has 1 unspecified atom stereocenters. The highest BCUT2D eigenvalue weighted by atomic mass is 16.5. The second kappa shape index (κ2) is 6.64. The Hall–Kier alpha value is -1.22. The molecule has 1 atom stereocenters. The summed E-state index contributed by atoms with van der Waals surface area (Å²) < 4.78 is 11.2. The zero-order valence-electron chi connectivity index (χ0n) is 11.9. The third-order valence-corrected chi connectivity index (χ3v) is 2.84. The van der Waals surface area contributed by atoms with E-state index in [9.17, 15) is 0 Å². The number of nitrogens with two attached hydrogens (primary N) is 1. The quantitative estimate of drug-likeness (QED) is 0.844. The highest BCUT2D eigenvalue weighted by Crippen LogP contribution is 2.21. The van der Waals surface area contributed by atoms with Crippen molar-refractivity contribution >= 4 is 0 Å². The molecular formula is C15H25NO2. The summed E-state index contributed by atoms with van der Waals surface area (Å²) in [5.74, 6) is 1.71. The van der Waals surface area contributed by atoms with Crippen molar-refractivity contribution in [3.63, 3.8) is 0 Å². The van der Waals surface area contributed by atoms with Crippen molar-refractivity contribution in [2.24, 2.45) is 11.1 Å². The topological polar surface area (TPSA) is 44.5 Å². The van der Waals surface area contributed by atoms with Crippen molar-refractivity contribution in [2.45, 2.75) is 40.2 Å². The molecule has 0 amide bonds. The van der Waals surface area contributed by atoms with Gasteiger partial charge in [-0.25, -0.2) is 0 Å². The molecule has 0 aromatic heterocycles. The largest absolute Gasteiger partial charge is 0.494 e. The summed E-state index contributed by atoms with van der Waals surface area (Å²) in [6.45, 7) is 9.70. The van der Waals surface area contributed by atoms with Gasteiger partial charge in [0.25, 0.3) is 0 Å². The van der Waals surface area contributed by atoms with Crippen LogP contribution in [0.2, 0.25) is 0 Å². The summed E-state index contributed by atoms with van der Waals surface area (Å²) in [4.78, 5) is 0. The first-order chi connectivity index (χ1) is 8.43. The molecule has 0 bridgehead atoms. The van der Waals surface area contributed by atoms with Crippen molar-refractivity contribution in [1.82, 2.24) is 0 Å². The van der Waals surface area contributed by atoms with E-state index in [0.29, 0.717) is 6.61 Å². The molecule has 0 aliphatic heterocycles. The lowest BCUT2D eigenvalue weighted by Crippen LogP contribution is -2.40. The molecule has 0 aliphatic carbocycles. The lowest BCUT2D eigenvalue weighted by molar-refractivity contribution is 0.205. The summed E-state index contributed by atoms with van der Waals surface area (Å²) in [5.41, 5.74) is 6.10. The third kappa shape index (κ3) is 4.96. The third-order valence-electron chi connectivity index (χ3n) is 2.84. The SMILES string of the molecule is CCCOc1ccc(OCC(N)C(C)(C)C)cc1. The summed E-state index contributed by atoms with van der Waals surface area (Å²) in [6.07, 6.45) is 1.01. The fraction of sp³-hybridized carbons (Fsp3) is 0.600. The first-order valence-corrected chi connectivity index (χ1v) is 6.54. The Morgan fingerprint density at radius 2 is 1.56 bits per heavy atom. The smallest absolute Gasteiger partial charge is 0.119 e. The normalized spacial score (nSPS) is 13.2. The van der Waals surface area contributed by atoms with Crippen molar-refractivity contribution in [2.75, 3.05) is 13.2 Å². The summed E-state index contributed by atoms with van der Waals surface area (Å²) in [7, 11) is 0. The second-order valence-electron chi connectivity index (χ2n) is 5.60. The van der Waals surface area contributed by atoms with Crippen LogP contribution in [0.15, 0.2) is 24.3 Å². The predicted octanol–water partition coefficient (Wildman–Crippen LogP) is 3.23. The van der Waals surface area contributed by atoms with Crippen LogP contribution >= 0.6 is 0 Å². The molecule has 0 saturated carbocycles. The van der Waals surface area contributed by atoms with E-state index in [1.807, 2.05) is 24.3 Å². The van der Waals surface area contributed by atoms with Crippen LogP contribution in [0.1, 0.15) is 34.1 Å². The van der Waals surface area contributed by atoms with Crippen LogP contribution < -0.4 is 15.2 Å². The van der Waals surface area contributed by atoms with Gasteiger partial charge in [0.1, 0.15) is 18.1 Å². The number of ether oxygens (including phenoxy) is 2. The molecule has 0 aliphatic rings. The minimum Gasteiger partial charge on any atom is -0.494 e. The summed E-state index contributed by atoms with van der Waals surface area (Å²) in [5, 5.41) is 0. The van der Waals surface area contributed by atoms with E-state index < -0.39 is 0 Å². The van der Waals surface area contributed by atoms with E-state index in [1.54, 1.807) is 0 Å². The summed E-state index contributed by atoms with van der Waals surface area (Å²) in [6, 6.07) is 7.70. The fourth-order valence-electron chi connectivity index (χ4n) is 1.29. The zero-order valence-corrected chi connectivity index (χ0v) is 11.9. The minimum atomic E-state index is 0.0218. The van der Waals surface area contributed by atoms with Crippen LogP contribution in [0.4, 0.5) is 0 Å². The van der Waals surface area contributed by atoms with Gasteiger partial charge in [-0.3, -0.25) is 0 Å². The highest BCUT2D eigenvalue weighted by molar-refractivity contribution is 5.31. The zero-order chi connectivity index (χ0) is 13.6. The number of hydrogen-bond acceptors (Lipinski definition) is 3. The van der Waals surface area contributed by atoms with E-state index in [4.69, 9.17) is 15.2 Å². The molecule has 3 heteroatoms. The van der Waals surface area contributed by atoms with E-state index in [0.717, 1.165) is 24.5 Å². The highest BCUT2D eigenvalue weighted by Gasteiger charge is 2.20. The van der Waals surface area contributed by atoms with Crippen molar-refractivity contribution in [3.05, 3.63) is 24.3 Å². The molecular weight excluding hydrogens is 226 g/mol. The van der Waals surface area contributed by atoms with Crippen molar-refractivity contribution in [3.8, 4) is 11.5 Å². The van der Waals surface area contributed by atoms with Gasteiger partial charge in [-0.2, -0.15) is 0 Å². The van der Waals surface area contributed by atoms with Crippen molar-refractivity contribution < 1.29 is 9.47 Å². The Morgan fingerprint density at radius 3 is 2.00 bits per heavy atom. The van der Waals surface area contributed by atoms with Gasteiger partial charge in [-0.15, -0.1) is 0 Å². The Labute approximate surface area is 110 Å². The Balaban J connectivity index is 2.44. The Morgan fingerprint density at radius 1 is 1.06 bits per heavy atom. The van der Waals surface area contributed by atoms with Gasteiger partial charge in [0.2, 0.25) is 0 Å². The first kappa shape index (κ1) is 14.8. The van der Waals surface area contributed by atoms with E-state index in [2.05, 4.69) is 27.7 Å². The standard InChI is InChI=1S/C15H25NO2/c1-5-10-17-12-6-8-13(9-7-12)18-11-14(16)15(2,3)4/h6-9,14H,5,10-11,16H2,1-4H3. The van der Waals surface area contributed by atoms with Gasteiger partial charge in [0.15, 0.2) is 0 Å². The molecule has 1 aromatic carbocycles. The van der Waals surface area contributed by atoms with Crippen LogP contribution in [-0.4, -0.2) is 19.3 Å². The minimum absolute atomic E-state index is 0.0218. The molecule has 1 rings (SSSR count). The first-order valence-electron chi connectivity index (χ1n) is 6.54. The predicted molar refractivity (Wildman–Crippen MR) is 75.2 cm³/mol. The average molecular weight is 251 g/mol. The van der Waals surface area contributed by atoms with E-state index >= 15 is 0 Å². The average Bonchev–Trinajstić information content (AvgIpc) is 2.33. The molecule has 0 fully saturated rings. The molecule has 0 saturated heterocycles. The van der Waals surface area contributed by atoms with Gasteiger partial charge >= 0.3 is 0 Å². The van der Waals surface area contributed by atoms with Crippen LogP contribution in [0.3, 0.4) is 0 Å². The van der Waals surface area contributed by atoms with Crippen LogP contribution in [0.25, 0.3) is 0 Å². The lowest BCUT2D eigenvalue weighted by atomic mass is 9.88. The van der Waals surface area contributed by atoms with Gasteiger partial charge in [-0.05, 0) is 36.1 Å². The molecule has 102 valence electrons. The Bertz CT molecular complexity index is 341. The molecule has 2 N–H and O–H groups in total. The van der Waals surface area contributed by atoms with Crippen LogP contribution in [0.5, 0.6) is 11.5 Å². The van der Waals surface area contributed by atoms with E-state index in [-0.39, 0.29) is 11.5 Å². The number of rotatable bonds is 6. The maximum absolute atomic E-state index is 6.04. The fourth-order valence-corrected chi connectivity index (χ4v) is 1.29. The van der Waals surface area contributed by atoms with Gasteiger partial charge in [0.05, 0.1) is 6.61 Å². The molecule has 0 heterocycles. The summed E-state index contributed by atoms with van der Waals surface area (Å²) >= 11 is 0.